The number of hydrogen-bond acceptors (Lipinski definition) is 3. The number of carboxylic acid groups (broad SMARTS) is 1. The molecule has 0 saturated heterocycles. The van der Waals surface area contributed by atoms with Crippen molar-refractivity contribution >= 4 is 5.97 Å². The molecular formula is C17H10F3NO3. The molecule has 0 spiro atoms. The number of alkyl halides is 3. The van der Waals surface area contributed by atoms with Crippen molar-refractivity contribution in [2.24, 2.45) is 0 Å². The number of rotatable bonds is 3. The second-order valence-corrected chi connectivity index (χ2v) is 4.99. The van der Waals surface area contributed by atoms with E-state index in [1.54, 1.807) is 24.3 Å². The Balaban J connectivity index is 2.16. The van der Waals surface area contributed by atoms with Gasteiger partial charge < -0.3 is 9.63 Å². The van der Waals surface area contributed by atoms with Gasteiger partial charge in [-0.25, -0.2) is 4.79 Å². The lowest BCUT2D eigenvalue weighted by molar-refractivity contribution is -0.137. The lowest BCUT2D eigenvalue weighted by Gasteiger charge is -2.08. The number of halogens is 3. The highest BCUT2D eigenvalue weighted by molar-refractivity contribution is 5.89. The summed E-state index contributed by atoms with van der Waals surface area (Å²) in [5.74, 6) is -2.41. The molecule has 7 heteroatoms. The molecule has 0 bridgehead atoms. The molecule has 1 heterocycles. The van der Waals surface area contributed by atoms with Crippen LogP contribution in [0.25, 0.3) is 22.5 Å². The predicted octanol–water partition coefficient (Wildman–Crippen LogP) is 4.73. The molecule has 0 radical (unpaired) electrons. The summed E-state index contributed by atoms with van der Waals surface area (Å²) in [5.41, 5.74) is -0.952. The molecule has 0 fully saturated rings. The van der Waals surface area contributed by atoms with Crippen LogP contribution in [0, 0.1) is 0 Å². The first-order valence-corrected chi connectivity index (χ1v) is 6.84. The Morgan fingerprint density at radius 1 is 0.958 bits per heavy atom. The lowest BCUT2D eigenvalue weighted by Crippen LogP contribution is -2.12. The minimum atomic E-state index is -4.90. The van der Waals surface area contributed by atoms with E-state index in [-0.39, 0.29) is 5.56 Å². The summed E-state index contributed by atoms with van der Waals surface area (Å²) in [6, 6.07) is 15.3. The molecule has 3 rings (SSSR count). The van der Waals surface area contributed by atoms with Gasteiger partial charge in [-0.3, -0.25) is 0 Å². The van der Waals surface area contributed by atoms with Crippen molar-refractivity contribution in [2.45, 2.75) is 6.18 Å². The SMILES string of the molecule is O=C(O)c1noc(-c2cccc(-c3ccccc3)c2)c1C(F)(F)F. The van der Waals surface area contributed by atoms with Crippen molar-refractivity contribution in [3.63, 3.8) is 0 Å². The second-order valence-electron chi connectivity index (χ2n) is 4.99. The average molecular weight is 333 g/mol. The highest BCUT2D eigenvalue weighted by Crippen LogP contribution is 2.40. The van der Waals surface area contributed by atoms with Crippen LogP contribution in [-0.2, 0) is 6.18 Å². The van der Waals surface area contributed by atoms with Crippen LogP contribution in [0.4, 0.5) is 13.2 Å². The number of benzene rings is 2. The van der Waals surface area contributed by atoms with E-state index >= 15 is 0 Å². The predicted molar refractivity (Wildman–Crippen MR) is 79.3 cm³/mol. The maximum atomic E-state index is 13.2. The first-order chi connectivity index (χ1) is 11.4. The van der Waals surface area contributed by atoms with E-state index in [2.05, 4.69) is 5.16 Å². The number of nitrogens with zero attached hydrogens (tertiary/aromatic N) is 1. The van der Waals surface area contributed by atoms with E-state index in [0.717, 1.165) is 5.56 Å². The maximum absolute atomic E-state index is 13.2. The van der Waals surface area contributed by atoms with Crippen LogP contribution >= 0.6 is 0 Å². The molecule has 0 atom stereocenters. The molecule has 1 aromatic heterocycles. The zero-order valence-electron chi connectivity index (χ0n) is 12.0. The van der Waals surface area contributed by atoms with Crippen LogP contribution in [0.5, 0.6) is 0 Å². The van der Waals surface area contributed by atoms with Crippen molar-refractivity contribution in [3.8, 4) is 22.5 Å². The molecule has 0 aliphatic carbocycles. The van der Waals surface area contributed by atoms with E-state index in [0.29, 0.717) is 5.56 Å². The van der Waals surface area contributed by atoms with E-state index in [1.165, 1.54) is 12.1 Å². The van der Waals surface area contributed by atoms with Gasteiger partial charge in [0.25, 0.3) is 0 Å². The molecule has 122 valence electrons. The quantitative estimate of drug-likeness (QED) is 0.753. The first kappa shape index (κ1) is 15.8. The van der Waals surface area contributed by atoms with Gasteiger partial charge in [0.2, 0.25) is 5.69 Å². The molecule has 0 aliphatic heterocycles. The van der Waals surface area contributed by atoms with E-state index in [4.69, 9.17) is 9.63 Å². The Hall–Kier alpha value is -3.09. The molecule has 24 heavy (non-hydrogen) atoms. The fourth-order valence-electron chi connectivity index (χ4n) is 2.37. The van der Waals surface area contributed by atoms with Gasteiger partial charge in [-0.1, -0.05) is 53.7 Å². The third kappa shape index (κ3) is 2.88. The molecule has 3 aromatic rings. The Kier molecular flexibility index (Phi) is 3.84. The van der Waals surface area contributed by atoms with Crippen molar-refractivity contribution < 1.29 is 27.6 Å². The summed E-state index contributed by atoms with van der Waals surface area (Å²) >= 11 is 0. The largest absolute Gasteiger partial charge is 0.476 e. The summed E-state index contributed by atoms with van der Waals surface area (Å²) in [6.45, 7) is 0. The van der Waals surface area contributed by atoms with Gasteiger partial charge in [-0.2, -0.15) is 13.2 Å². The highest BCUT2D eigenvalue weighted by atomic mass is 19.4. The van der Waals surface area contributed by atoms with Crippen molar-refractivity contribution in [3.05, 3.63) is 65.9 Å². The molecule has 4 nitrogen and oxygen atoms in total. The van der Waals surface area contributed by atoms with Crippen LogP contribution in [0.1, 0.15) is 16.1 Å². The number of carboxylic acids is 1. The topological polar surface area (TPSA) is 63.3 Å². The maximum Gasteiger partial charge on any atom is 0.422 e. The lowest BCUT2D eigenvalue weighted by atomic mass is 10.00. The zero-order chi connectivity index (χ0) is 17.3. The van der Waals surface area contributed by atoms with E-state index in [9.17, 15) is 18.0 Å². The van der Waals surface area contributed by atoms with Gasteiger partial charge in [0, 0.05) is 5.56 Å². The molecule has 0 unspecified atom stereocenters. The highest BCUT2D eigenvalue weighted by Gasteiger charge is 2.42. The minimum Gasteiger partial charge on any atom is -0.476 e. The Labute approximate surface area is 134 Å². The number of carbonyl (C=O) groups is 1. The summed E-state index contributed by atoms with van der Waals surface area (Å²) < 4.78 is 44.5. The van der Waals surface area contributed by atoms with Gasteiger partial charge in [-0.15, -0.1) is 0 Å². The second kappa shape index (κ2) is 5.84. The van der Waals surface area contributed by atoms with Gasteiger partial charge in [0.15, 0.2) is 5.76 Å². The zero-order valence-corrected chi connectivity index (χ0v) is 12.0. The molecule has 2 aromatic carbocycles. The number of aromatic carboxylic acids is 1. The van der Waals surface area contributed by atoms with Gasteiger partial charge in [0.05, 0.1) is 0 Å². The van der Waals surface area contributed by atoms with Crippen molar-refractivity contribution in [1.82, 2.24) is 5.16 Å². The smallest absolute Gasteiger partial charge is 0.422 e. The van der Waals surface area contributed by atoms with Crippen LogP contribution in [0.3, 0.4) is 0 Å². The monoisotopic (exact) mass is 333 g/mol. The van der Waals surface area contributed by atoms with Gasteiger partial charge in [-0.05, 0) is 17.2 Å². The Bertz CT molecular complexity index is 886. The molecule has 0 aliphatic rings. The number of aromatic nitrogens is 1. The Morgan fingerprint density at radius 2 is 1.58 bits per heavy atom. The summed E-state index contributed by atoms with van der Waals surface area (Å²) in [5, 5.41) is 12.0. The third-order valence-corrected chi connectivity index (χ3v) is 3.41. The van der Waals surface area contributed by atoms with Gasteiger partial charge >= 0.3 is 12.1 Å². The van der Waals surface area contributed by atoms with E-state index in [1.807, 2.05) is 18.2 Å². The first-order valence-electron chi connectivity index (χ1n) is 6.84. The molecular weight excluding hydrogens is 323 g/mol. The summed E-state index contributed by atoms with van der Waals surface area (Å²) in [7, 11) is 0. The molecule has 0 amide bonds. The standard InChI is InChI=1S/C17H10F3NO3/c18-17(19,20)13-14(16(22)23)21-24-15(13)12-8-4-7-11(9-12)10-5-2-1-3-6-10/h1-9H,(H,22,23). The normalized spacial score (nSPS) is 11.5. The minimum absolute atomic E-state index is 0.101. The fraction of sp³-hybridized carbons (Fsp3) is 0.0588. The summed E-state index contributed by atoms with van der Waals surface area (Å²) in [6.07, 6.45) is -4.90. The molecule has 1 N–H and O–H groups in total. The van der Waals surface area contributed by atoms with E-state index < -0.39 is 29.2 Å². The van der Waals surface area contributed by atoms with Crippen LogP contribution in [0.2, 0.25) is 0 Å². The average Bonchev–Trinajstić information content (AvgIpc) is 3.01. The summed E-state index contributed by atoms with van der Waals surface area (Å²) in [4.78, 5) is 11.0. The molecule has 0 saturated carbocycles. The van der Waals surface area contributed by atoms with Crippen LogP contribution in [0.15, 0.2) is 59.1 Å². The van der Waals surface area contributed by atoms with Crippen molar-refractivity contribution in [2.75, 3.05) is 0 Å². The van der Waals surface area contributed by atoms with Gasteiger partial charge in [0.1, 0.15) is 5.56 Å². The third-order valence-electron chi connectivity index (χ3n) is 3.41. The number of hydrogen-bond donors (Lipinski definition) is 1. The van der Waals surface area contributed by atoms with Crippen LogP contribution in [-0.4, -0.2) is 16.2 Å². The van der Waals surface area contributed by atoms with Crippen LogP contribution < -0.4 is 0 Å². The Morgan fingerprint density at radius 3 is 2.21 bits per heavy atom. The van der Waals surface area contributed by atoms with Crippen molar-refractivity contribution in [1.29, 1.82) is 0 Å². The fourth-order valence-corrected chi connectivity index (χ4v) is 2.37.